The van der Waals surface area contributed by atoms with Gasteiger partial charge in [0.15, 0.2) is 0 Å². The van der Waals surface area contributed by atoms with E-state index in [2.05, 4.69) is 13.2 Å². The molecule has 0 bridgehead atoms. The molecular formula is C7H16Si. The van der Waals surface area contributed by atoms with Gasteiger partial charge in [-0.1, -0.05) is 12.2 Å². The molecule has 0 spiro atoms. The monoisotopic (exact) mass is 128 g/mol. The van der Waals surface area contributed by atoms with E-state index in [4.69, 9.17) is 0 Å². The second-order valence-corrected chi connectivity index (χ2v) is 1.51. The Morgan fingerprint density at radius 3 is 1.62 bits per heavy atom. The number of allylic oxidation sites excluding steroid dienone is 2. The highest BCUT2D eigenvalue weighted by atomic mass is 28.1. The van der Waals surface area contributed by atoms with Crippen LogP contribution in [0, 0.1) is 0 Å². The molecule has 0 aliphatic heterocycles. The van der Waals surface area contributed by atoms with Crippen LogP contribution in [0.3, 0.4) is 0 Å². The highest BCUT2D eigenvalue weighted by molar-refractivity contribution is 5.75. The van der Waals surface area contributed by atoms with Crippen LogP contribution in [0.4, 0.5) is 0 Å². The highest BCUT2D eigenvalue weighted by Gasteiger charge is 1.74. The molecule has 0 aliphatic carbocycles. The van der Waals surface area contributed by atoms with Crippen LogP contribution in [-0.4, -0.2) is 11.0 Å². The van der Waals surface area contributed by atoms with Gasteiger partial charge < -0.3 is 0 Å². The summed E-state index contributed by atoms with van der Waals surface area (Å²) in [6.45, 7) is 7.20. The van der Waals surface area contributed by atoms with Crippen molar-refractivity contribution in [3.8, 4) is 0 Å². The molecule has 0 unspecified atom stereocenters. The standard InChI is InChI=1S/C7H12.H4Si/c1-3-5-7-6-4-2;/h3-4H,1-2,5-7H2;1H4. The Kier molecular flexibility index (Phi) is 13.1. The van der Waals surface area contributed by atoms with Crippen molar-refractivity contribution in [1.82, 2.24) is 0 Å². The van der Waals surface area contributed by atoms with Gasteiger partial charge in [0.05, 0.1) is 0 Å². The van der Waals surface area contributed by atoms with Crippen LogP contribution in [0.1, 0.15) is 19.3 Å². The number of unbranched alkanes of at least 4 members (excludes halogenated alkanes) is 2. The minimum absolute atomic E-state index is 0. The third-order valence-corrected chi connectivity index (χ3v) is 0.816. The average molecular weight is 128 g/mol. The zero-order valence-electron chi connectivity index (χ0n) is 4.69. The first-order chi connectivity index (χ1) is 3.41. The average Bonchev–Trinajstić information content (AvgIpc) is 1.69. The molecule has 0 aromatic carbocycles. The zero-order valence-corrected chi connectivity index (χ0v) is 4.69. The third-order valence-electron chi connectivity index (χ3n) is 0.816. The van der Waals surface area contributed by atoms with E-state index in [-0.39, 0.29) is 11.0 Å². The van der Waals surface area contributed by atoms with Gasteiger partial charge in [-0.15, -0.1) is 13.2 Å². The molecule has 0 radical (unpaired) electrons. The quantitative estimate of drug-likeness (QED) is 0.302. The number of hydrogen-bond acceptors (Lipinski definition) is 0. The van der Waals surface area contributed by atoms with Gasteiger partial charge in [0.2, 0.25) is 0 Å². The van der Waals surface area contributed by atoms with Crippen molar-refractivity contribution >= 4 is 11.0 Å². The molecule has 0 N–H and O–H groups in total. The fourth-order valence-corrected chi connectivity index (χ4v) is 0.407. The van der Waals surface area contributed by atoms with Crippen molar-refractivity contribution in [2.45, 2.75) is 19.3 Å². The summed E-state index contributed by atoms with van der Waals surface area (Å²) in [6, 6.07) is 0. The van der Waals surface area contributed by atoms with E-state index in [1.807, 2.05) is 12.2 Å². The predicted molar refractivity (Wildman–Crippen MR) is 45.6 cm³/mol. The largest absolute Gasteiger partial charge is 0.103 e. The Labute approximate surface area is 56.3 Å². The van der Waals surface area contributed by atoms with Crippen molar-refractivity contribution in [1.29, 1.82) is 0 Å². The maximum absolute atomic E-state index is 3.60. The minimum atomic E-state index is 0. The Bertz CT molecular complexity index is 49.4. The molecule has 0 amide bonds. The molecule has 0 atom stereocenters. The number of hydrogen-bond donors (Lipinski definition) is 0. The predicted octanol–water partition coefficient (Wildman–Crippen LogP) is 1.08. The van der Waals surface area contributed by atoms with Gasteiger partial charge in [-0.25, -0.2) is 0 Å². The molecule has 48 valence electrons. The SMILES string of the molecule is C=CCCCC=C.[SiH4]. The fraction of sp³-hybridized carbons (Fsp3) is 0.429. The molecule has 0 saturated carbocycles. The van der Waals surface area contributed by atoms with Crippen LogP contribution in [0.15, 0.2) is 25.3 Å². The summed E-state index contributed by atoms with van der Waals surface area (Å²) in [6.07, 6.45) is 7.30. The lowest BCUT2D eigenvalue weighted by molar-refractivity contribution is 0.871. The summed E-state index contributed by atoms with van der Waals surface area (Å²) >= 11 is 0. The molecule has 0 saturated heterocycles. The molecule has 0 aromatic rings. The Morgan fingerprint density at radius 1 is 1.00 bits per heavy atom. The van der Waals surface area contributed by atoms with E-state index in [9.17, 15) is 0 Å². The minimum Gasteiger partial charge on any atom is -0.103 e. The van der Waals surface area contributed by atoms with E-state index >= 15 is 0 Å². The van der Waals surface area contributed by atoms with Crippen LogP contribution in [-0.2, 0) is 0 Å². The van der Waals surface area contributed by atoms with E-state index in [1.165, 1.54) is 6.42 Å². The Morgan fingerprint density at radius 2 is 1.38 bits per heavy atom. The molecule has 8 heavy (non-hydrogen) atoms. The van der Waals surface area contributed by atoms with E-state index in [1.54, 1.807) is 0 Å². The van der Waals surface area contributed by atoms with E-state index in [0.717, 1.165) is 12.8 Å². The van der Waals surface area contributed by atoms with Crippen LogP contribution >= 0.6 is 0 Å². The van der Waals surface area contributed by atoms with Crippen LogP contribution < -0.4 is 0 Å². The molecule has 0 heterocycles. The summed E-state index contributed by atoms with van der Waals surface area (Å²) in [5.74, 6) is 0. The van der Waals surface area contributed by atoms with Crippen LogP contribution in [0.25, 0.3) is 0 Å². The maximum Gasteiger partial charge on any atom is -0.0149 e. The molecular weight excluding hydrogens is 112 g/mol. The van der Waals surface area contributed by atoms with Crippen molar-refractivity contribution in [2.75, 3.05) is 0 Å². The van der Waals surface area contributed by atoms with Crippen LogP contribution in [0.2, 0.25) is 0 Å². The molecule has 1 heteroatoms. The third kappa shape index (κ3) is 9.20. The van der Waals surface area contributed by atoms with Crippen molar-refractivity contribution in [3.05, 3.63) is 25.3 Å². The van der Waals surface area contributed by atoms with E-state index < -0.39 is 0 Å². The smallest absolute Gasteiger partial charge is 0.0149 e. The maximum atomic E-state index is 3.60. The van der Waals surface area contributed by atoms with Gasteiger partial charge in [-0.3, -0.25) is 0 Å². The molecule has 0 aromatic heterocycles. The first-order valence-electron chi connectivity index (χ1n) is 2.63. The van der Waals surface area contributed by atoms with Gasteiger partial charge in [0, 0.05) is 0 Å². The summed E-state index contributed by atoms with van der Waals surface area (Å²) in [5, 5.41) is 0. The molecule has 0 fully saturated rings. The number of rotatable bonds is 4. The lowest BCUT2D eigenvalue weighted by atomic mass is 10.2. The first-order valence-corrected chi connectivity index (χ1v) is 2.63. The summed E-state index contributed by atoms with van der Waals surface area (Å²) in [7, 11) is 0. The highest BCUT2D eigenvalue weighted by Crippen LogP contribution is 1.93. The Hall–Kier alpha value is -0.303. The van der Waals surface area contributed by atoms with Gasteiger partial charge in [0.25, 0.3) is 0 Å². The lowest BCUT2D eigenvalue weighted by Gasteiger charge is -1.84. The summed E-state index contributed by atoms with van der Waals surface area (Å²) < 4.78 is 0. The van der Waals surface area contributed by atoms with Gasteiger partial charge in [-0.05, 0) is 30.2 Å². The second-order valence-electron chi connectivity index (χ2n) is 1.51. The summed E-state index contributed by atoms with van der Waals surface area (Å²) in [5.41, 5.74) is 0. The van der Waals surface area contributed by atoms with Gasteiger partial charge in [-0.2, -0.15) is 0 Å². The van der Waals surface area contributed by atoms with Crippen molar-refractivity contribution in [2.24, 2.45) is 0 Å². The molecule has 0 nitrogen and oxygen atoms in total. The zero-order chi connectivity index (χ0) is 5.54. The van der Waals surface area contributed by atoms with Gasteiger partial charge in [0.1, 0.15) is 0 Å². The lowest BCUT2D eigenvalue weighted by Crippen LogP contribution is -1.64. The Balaban J connectivity index is 0. The van der Waals surface area contributed by atoms with E-state index in [0.29, 0.717) is 0 Å². The van der Waals surface area contributed by atoms with Crippen molar-refractivity contribution in [3.63, 3.8) is 0 Å². The first kappa shape index (κ1) is 10.6. The van der Waals surface area contributed by atoms with Gasteiger partial charge >= 0.3 is 0 Å². The van der Waals surface area contributed by atoms with Crippen LogP contribution in [0.5, 0.6) is 0 Å². The molecule has 0 aliphatic rings. The normalized spacial score (nSPS) is 7.00. The van der Waals surface area contributed by atoms with Crippen molar-refractivity contribution < 1.29 is 0 Å². The fourth-order valence-electron chi connectivity index (χ4n) is 0.407. The summed E-state index contributed by atoms with van der Waals surface area (Å²) in [4.78, 5) is 0. The molecule has 0 rings (SSSR count). The second kappa shape index (κ2) is 9.85. The topological polar surface area (TPSA) is 0 Å².